The fraction of sp³-hybridized carbons (Fsp3) is 0.381. The Labute approximate surface area is 193 Å². The van der Waals surface area contributed by atoms with Gasteiger partial charge in [-0.2, -0.15) is 26.3 Å². The molecule has 0 bridgehead atoms. The van der Waals surface area contributed by atoms with Gasteiger partial charge in [-0.3, -0.25) is 14.4 Å². The van der Waals surface area contributed by atoms with Gasteiger partial charge in [-0.1, -0.05) is 0 Å². The van der Waals surface area contributed by atoms with E-state index in [-0.39, 0.29) is 17.0 Å². The first kappa shape index (κ1) is 27.8. The number of rotatable bonds is 6. The predicted molar refractivity (Wildman–Crippen MR) is 108 cm³/mol. The molecule has 2 rings (SSSR count). The second-order valence-corrected chi connectivity index (χ2v) is 7.91. The Balaban J connectivity index is 2.41. The van der Waals surface area contributed by atoms with Crippen LogP contribution in [0.3, 0.4) is 0 Å². The Hall–Kier alpha value is -3.42. The van der Waals surface area contributed by atoms with Gasteiger partial charge in [0.15, 0.2) is 5.54 Å². The maximum Gasteiger partial charge on any atom is 0.419 e. The number of carbonyl (C=O) groups is 3. The Morgan fingerprint density at radius 1 is 1.06 bits per heavy atom. The van der Waals surface area contributed by atoms with Crippen LogP contribution in [0.5, 0.6) is 0 Å². The number of amides is 2. The van der Waals surface area contributed by atoms with Crippen molar-refractivity contribution in [3.8, 4) is 0 Å². The molecule has 1 unspecified atom stereocenters. The lowest BCUT2D eigenvalue weighted by molar-refractivity contribution is -0.201. The summed E-state index contributed by atoms with van der Waals surface area (Å²) in [6.07, 6.45) is -10.1. The predicted octanol–water partition coefficient (Wildman–Crippen LogP) is 3.66. The van der Waals surface area contributed by atoms with Crippen molar-refractivity contribution in [1.82, 2.24) is 9.88 Å². The average molecular weight is 511 g/mol. The Bertz CT molecular complexity index is 1190. The molecule has 7 nitrogen and oxygen atoms in total. The zero-order chi connectivity index (χ0) is 27.1. The highest BCUT2D eigenvalue weighted by molar-refractivity contribution is 6.43. The van der Waals surface area contributed by atoms with Crippen molar-refractivity contribution in [3.63, 3.8) is 0 Å². The molecule has 35 heavy (non-hydrogen) atoms. The van der Waals surface area contributed by atoms with E-state index < -0.39 is 64.7 Å². The molecule has 0 aliphatic heterocycles. The van der Waals surface area contributed by atoms with Crippen LogP contribution in [-0.2, 0) is 18.0 Å². The summed E-state index contributed by atoms with van der Waals surface area (Å²) in [6.45, 7) is 1.43. The summed E-state index contributed by atoms with van der Waals surface area (Å²) in [5, 5.41) is 12.7. The van der Waals surface area contributed by atoms with Crippen molar-refractivity contribution in [2.75, 3.05) is 11.9 Å². The minimum absolute atomic E-state index is 0.000553. The van der Waals surface area contributed by atoms with Gasteiger partial charge in [0.2, 0.25) is 0 Å². The molecule has 0 aliphatic rings. The number of Topliss-reactive ketones (excluding diaryl/α,β-unsaturated/α-hetero) is 1. The Kier molecular flexibility index (Phi) is 7.41. The van der Waals surface area contributed by atoms with Gasteiger partial charge in [-0.05, 0) is 44.5 Å². The SMILES string of the molecule is Cc1c(C(=O)C(=O)NC(C)(CO)C(F)(F)F)c(C)n(C)c1C(=O)Nc1ccc(F)c(C(F)(F)F)c1. The van der Waals surface area contributed by atoms with Gasteiger partial charge in [0.1, 0.15) is 11.5 Å². The number of halogens is 7. The number of anilines is 1. The molecule has 192 valence electrons. The molecule has 0 aliphatic carbocycles. The summed E-state index contributed by atoms with van der Waals surface area (Å²) in [7, 11) is 1.28. The van der Waals surface area contributed by atoms with Crippen molar-refractivity contribution in [2.24, 2.45) is 7.05 Å². The van der Waals surface area contributed by atoms with Crippen LogP contribution in [0.4, 0.5) is 36.4 Å². The third-order valence-electron chi connectivity index (χ3n) is 5.44. The van der Waals surface area contributed by atoms with Crippen LogP contribution < -0.4 is 10.6 Å². The van der Waals surface area contributed by atoms with E-state index in [0.717, 1.165) is 10.6 Å². The lowest BCUT2D eigenvalue weighted by Gasteiger charge is -2.30. The smallest absolute Gasteiger partial charge is 0.394 e. The molecule has 0 spiro atoms. The normalized spacial score (nSPS) is 13.8. The Morgan fingerprint density at radius 3 is 2.11 bits per heavy atom. The molecule has 0 fully saturated rings. The van der Waals surface area contributed by atoms with Gasteiger partial charge >= 0.3 is 12.4 Å². The van der Waals surface area contributed by atoms with E-state index in [0.29, 0.717) is 19.1 Å². The number of alkyl halides is 6. The topological polar surface area (TPSA) is 100 Å². The first-order chi connectivity index (χ1) is 15.9. The standard InChI is InChI=1S/C21H20F7N3O4/c1-9-14(16(33)18(35)30-19(3,8-32)21(26,27)28)10(2)31(4)15(9)17(34)29-11-5-6-13(22)12(7-11)20(23,24)25/h5-7,32H,8H2,1-4H3,(H,29,34)(H,30,35). The van der Waals surface area contributed by atoms with Crippen molar-refractivity contribution < 1.29 is 50.2 Å². The number of hydrogen-bond acceptors (Lipinski definition) is 4. The summed E-state index contributed by atoms with van der Waals surface area (Å²) in [5.41, 5.74) is -5.99. The first-order valence-corrected chi connectivity index (χ1v) is 9.74. The largest absolute Gasteiger partial charge is 0.419 e. The van der Waals surface area contributed by atoms with E-state index >= 15 is 0 Å². The minimum Gasteiger partial charge on any atom is -0.394 e. The molecule has 14 heteroatoms. The summed E-state index contributed by atoms with van der Waals surface area (Å²) in [4.78, 5) is 37.7. The molecule has 3 N–H and O–H groups in total. The van der Waals surface area contributed by atoms with Crippen LogP contribution in [0.15, 0.2) is 18.2 Å². The van der Waals surface area contributed by atoms with E-state index in [1.54, 1.807) is 0 Å². The fourth-order valence-electron chi connectivity index (χ4n) is 3.27. The monoisotopic (exact) mass is 511 g/mol. The van der Waals surface area contributed by atoms with Gasteiger partial charge in [-0.15, -0.1) is 0 Å². The number of nitrogens with one attached hydrogen (secondary N) is 2. The number of hydrogen-bond donors (Lipinski definition) is 3. The lowest BCUT2D eigenvalue weighted by Crippen LogP contribution is -2.60. The maximum atomic E-state index is 13.5. The zero-order valence-corrected chi connectivity index (χ0v) is 18.7. The molecule has 1 atom stereocenters. The van der Waals surface area contributed by atoms with Gasteiger partial charge in [0, 0.05) is 18.4 Å². The minimum atomic E-state index is -5.09. The van der Waals surface area contributed by atoms with E-state index in [1.165, 1.54) is 26.2 Å². The second kappa shape index (κ2) is 9.32. The number of nitrogens with zero attached hydrogens (tertiary/aromatic N) is 1. The fourth-order valence-corrected chi connectivity index (χ4v) is 3.27. The number of aliphatic hydroxyl groups is 1. The highest BCUT2D eigenvalue weighted by atomic mass is 19.4. The van der Waals surface area contributed by atoms with Crippen LogP contribution in [0.2, 0.25) is 0 Å². The zero-order valence-electron chi connectivity index (χ0n) is 18.7. The van der Waals surface area contributed by atoms with Gasteiger partial charge in [-0.25, -0.2) is 4.39 Å². The molecular weight excluding hydrogens is 491 g/mol. The highest BCUT2D eigenvalue weighted by Gasteiger charge is 2.52. The van der Waals surface area contributed by atoms with Gasteiger partial charge in [0.05, 0.1) is 17.7 Å². The van der Waals surface area contributed by atoms with Crippen LogP contribution in [0.25, 0.3) is 0 Å². The number of aliphatic hydroxyl groups excluding tert-OH is 1. The molecule has 0 saturated heterocycles. The number of benzene rings is 1. The molecular formula is C21H20F7N3O4. The van der Waals surface area contributed by atoms with Crippen molar-refractivity contribution in [3.05, 3.63) is 52.1 Å². The Morgan fingerprint density at radius 2 is 1.63 bits per heavy atom. The summed E-state index contributed by atoms with van der Waals surface area (Å²) in [5.74, 6) is -5.72. The van der Waals surface area contributed by atoms with Gasteiger partial charge < -0.3 is 20.3 Å². The first-order valence-electron chi connectivity index (χ1n) is 9.74. The summed E-state index contributed by atoms with van der Waals surface area (Å²) >= 11 is 0. The van der Waals surface area contributed by atoms with Crippen molar-refractivity contribution in [2.45, 2.75) is 38.7 Å². The third-order valence-corrected chi connectivity index (χ3v) is 5.44. The van der Waals surface area contributed by atoms with E-state index in [1.807, 2.05) is 0 Å². The number of carbonyl (C=O) groups excluding carboxylic acids is 3. The maximum absolute atomic E-state index is 13.5. The molecule has 1 aromatic carbocycles. The lowest BCUT2D eigenvalue weighted by atomic mass is 10.0. The van der Waals surface area contributed by atoms with Crippen LogP contribution in [-0.4, -0.2) is 45.6 Å². The molecule has 0 saturated carbocycles. The summed E-state index contributed by atoms with van der Waals surface area (Å²) in [6, 6.07) is 1.74. The number of ketones is 1. The number of aromatic nitrogens is 1. The quantitative estimate of drug-likeness (QED) is 0.313. The molecule has 1 heterocycles. The van der Waals surface area contributed by atoms with Crippen molar-refractivity contribution in [1.29, 1.82) is 0 Å². The second-order valence-electron chi connectivity index (χ2n) is 7.91. The van der Waals surface area contributed by atoms with Crippen LogP contribution in [0, 0.1) is 19.7 Å². The highest BCUT2D eigenvalue weighted by Crippen LogP contribution is 2.33. The van der Waals surface area contributed by atoms with Crippen LogP contribution >= 0.6 is 0 Å². The van der Waals surface area contributed by atoms with E-state index in [2.05, 4.69) is 5.32 Å². The third kappa shape index (κ3) is 5.31. The molecule has 0 radical (unpaired) electrons. The molecule has 2 amide bonds. The van der Waals surface area contributed by atoms with Gasteiger partial charge in [0.25, 0.3) is 17.6 Å². The van der Waals surface area contributed by atoms with Crippen molar-refractivity contribution >= 4 is 23.3 Å². The van der Waals surface area contributed by atoms with Crippen LogP contribution in [0.1, 0.15) is 44.6 Å². The average Bonchev–Trinajstić information content (AvgIpc) is 2.95. The molecule has 1 aromatic heterocycles. The summed E-state index contributed by atoms with van der Waals surface area (Å²) < 4.78 is 92.9. The molecule has 2 aromatic rings. The van der Waals surface area contributed by atoms with E-state index in [4.69, 9.17) is 5.11 Å². The van der Waals surface area contributed by atoms with E-state index in [9.17, 15) is 45.1 Å².